The van der Waals surface area contributed by atoms with E-state index >= 15 is 0 Å². The van der Waals surface area contributed by atoms with Gasteiger partial charge in [0.2, 0.25) is 0 Å². The molecule has 0 atom stereocenters. The second-order valence-corrected chi connectivity index (χ2v) is 4.47. The highest BCUT2D eigenvalue weighted by Gasteiger charge is 2.14. The highest BCUT2D eigenvalue weighted by molar-refractivity contribution is 5.95. The van der Waals surface area contributed by atoms with Crippen LogP contribution in [0.5, 0.6) is 0 Å². The molecule has 21 heavy (non-hydrogen) atoms. The molecule has 0 aliphatic rings. The summed E-state index contributed by atoms with van der Waals surface area (Å²) in [5.41, 5.74) is 1.54. The minimum atomic E-state index is -1.33. The van der Waals surface area contributed by atoms with Crippen LogP contribution in [0.15, 0.2) is 47.1 Å². The Hall–Kier alpha value is -3.13. The highest BCUT2D eigenvalue weighted by atomic mass is 19.1. The molecule has 0 aliphatic carbocycles. The number of hydrogen-bond donors (Lipinski definition) is 1. The number of rotatable bonds is 2. The Morgan fingerprint density at radius 1 is 1.24 bits per heavy atom. The van der Waals surface area contributed by atoms with Gasteiger partial charge in [-0.15, -0.1) is 0 Å². The molecule has 4 nitrogen and oxygen atoms in total. The van der Waals surface area contributed by atoms with Gasteiger partial charge >= 0.3 is 5.97 Å². The van der Waals surface area contributed by atoms with Crippen LogP contribution in [0.25, 0.3) is 22.1 Å². The lowest BCUT2D eigenvalue weighted by Gasteiger charge is -2.05. The molecular formula is C16H8FNO3. The smallest absolute Gasteiger partial charge is 0.338 e. The molecule has 3 aromatic rings. The molecule has 0 radical (unpaired) electrons. The summed E-state index contributed by atoms with van der Waals surface area (Å²) in [6, 6.07) is 10.8. The quantitative estimate of drug-likeness (QED) is 0.775. The van der Waals surface area contributed by atoms with Gasteiger partial charge in [0.15, 0.2) is 0 Å². The van der Waals surface area contributed by atoms with Crippen molar-refractivity contribution >= 4 is 16.9 Å². The van der Waals surface area contributed by atoms with Gasteiger partial charge in [0, 0.05) is 10.9 Å². The van der Waals surface area contributed by atoms with Crippen molar-refractivity contribution < 1.29 is 18.7 Å². The average molecular weight is 281 g/mol. The topological polar surface area (TPSA) is 74.2 Å². The zero-order chi connectivity index (χ0) is 15.0. The Morgan fingerprint density at radius 2 is 2.05 bits per heavy atom. The van der Waals surface area contributed by atoms with Crippen molar-refractivity contribution in [3.63, 3.8) is 0 Å². The van der Waals surface area contributed by atoms with Crippen LogP contribution in [0, 0.1) is 17.1 Å². The SMILES string of the molecule is N#Cc1cc(-c2ccc(C(=O)O)c(F)c2)c2occc2c1. The zero-order valence-corrected chi connectivity index (χ0v) is 10.6. The molecule has 1 heterocycles. The van der Waals surface area contributed by atoms with Gasteiger partial charge in [-0.2, -0.15) is 5.26 Å². The molecule has 1 N–H and O–H groups in total. The van der Waals surface area contributed by atoms with Gasteiger partial charge in [0.1, 0.15) is 11.4 Å². The maximum absolute atomic E-state index is 13.8. The summed E-state index contributed by atoms with van der Waals surface area (Å²) in [5, 5.41) is 18.6. The Labute approximate surface area is 118 Å². The lowest BCUT2D eigenvalue weighted by molar-refractivity contribution is 0.0692. The first-order valence-corrected chi connectivity index (χ1v) is 6.04. The van der Waals surface area contributed by atoms with Crippen LogP contribution >= 0.6 is 0 Å². The maximum Gasteiger partial charge on any atom is 0.338 e. The largest absolute Gasteiger partial charge is 0.478 e. The van der Waals surface area contributed by atoms with E-state index in [-0.39, 0.29) is 0 Å². The molecule has 0 saturated heterocycles. The maximum atomic E-state index is 13.8. The summed E-state index contributed by atoms with van der Waals surface area (Å²) in [6.07, 6.45) is 1.48. The van der Waals surface area contributed by atoms with E-state index in [1.165, 1.54) is 18.4 Å². The van der Waals surface area contributed by atoms with Crippen LogP contribution in [0.3, 0.4) is 0 Å². The van der Waals surface area contributed by atoms with Crippen LogP contribution in [0.4, 0.5) is 4.39 Å². The molecule has 0 fully saturated rings. The van der Waals surface area contributed by atoms with E-state index in [9.17, 15) is 9.18 Å². The van der Waals surface area contributed by atoms with Crippen LogP contribution in [0.1, 0.15) is 15.9 Å². The van der Waals surface area contributed by atoms with E-state index in [0.717, 1.165) is 11.5 Å². The first-order chi connectivity index (χ1) is 10.1. The van der Waals surface area contributed by atoms with Crippen molar-refractivity contribution in [1.82, 2.24) is 0 Å². The standard InChI is InChI=1S/C16H8FNO3/c17-14-7-10(1-2-12(14)16(19)20)13-6-9(8-18)5-11-3-4-21-15(11)13/h1-7H,(H,19,20). The second kappa shape index (κ2) is 4.76. The number of carbonyl (C=O) groups is 1. The third kappa shape index (κ3) is 2.13. The third-order valence-corrected chi connectivity index (χ3v) is 3.19. The van der Waals surface area contributed by atoms with Gasteiger partial charge in [-0.1, -0.05) is 6.07 Å². The van der Waals surface area contributed by atoms with E-state index in [2.05, 4.69) is 0 Å². The molecular weight excluding hydrogens is 273 g/mol. The molecule has 102 valence electrons. The number of nitrogens with zero attached hydrogens (tertiary/aromatic N) is 1. The molecule has 0 saturated carbocycles. The minimum Gasteiger partial charge on any atom is -0.478 e. The molecule has 2 aromatic carbocycles. The predicted octanol–water partition coefficient (Wildman–Crippen LogP) is 3.81. The number of carboxylic acid groups (broad SMARTS) is 1. The lowest BCUT2D eigenvalue weighted by Crippen LogP contribution is -2.00. The number of aromatic carboxylic acids is 1. The van der Waals surface area contributed by atoms with Crippen LogP contribution in [-0.4, -0.2) is 11.1 Å². The van der Waals surface area contributed by atoms with Crippen LogP contribution < -0.4 is 0 Å². The summed E-state index contributed by atoms with van der Waals surface area (Å²) < 4.78 is 19.2. The second-order valence-electron chi connectivity index (χ2n) is 4.47. The van der Waals surface area contributed by atoms with E-state index in [0.29, 0.717) is 22.3 Å². The molecule has 0 unspecified atom stereocenters. The van der Waals surface area contributed by atoms with Gasteiger partial charge in [-0.05, 0) is 35.9 Å². The average Bonchev–Trinajstić information content (AvgIpc) is 2.93. The zero-order valence-electron chi connectivity index (χ0n) is 10.6. The summed E-state index contributed by atoms with van der Waals surface area (Å²) in [7, 11) is 0. The van der Waals surface area contributed by atoms with Gasteiger partial charge < -0.3 is 9.52 Å². The highest BCUT2D eigenvalue weighted by Crippen LogP contribution is 2.31. The number of hydrogen-bond acceptors (Lipinski definition) is 3. The fraction of sp³-hybridized carbons (Fsp3) is 0. The number of nitriles is 1. The Balaban J connectivity index is 2.25. The van der Waals surface area contributed by atoms with E-state index in [4.69, 9.17) is 14.8 Å². The van der Waals surface area contributed by atoms with Crippen LogP contribution in [0.2, 0.25) is 0 Å². The summed E-state index contributed by atoms with van der Waals surface area (Å²) in [5.74, 6) is -2.16. The number of benzene rings is 2. The number of halogens is 1. The Bertz CT molecular complexity index is 906. The number of furan rings is 1. The minimum absolute atomic E-state index is 0.397. The van der Waals surface area contributed by atoms with Crippen LogP contribution in [-0.2, 0) is 0 Å². The summed E-state index contributed by atoms with van der Waals surface area (Å²) in [6.45, 7) is 0. The molecule has 0 spiro atoms. The van der Waals surface area contributed by atoms with Gasteiger partial charge in [-0.25, -0.2) is 9.18 Å². The Morgan fingerprint density at radius 3 is 2.71 bits per heavy atom. The van der Waals surface area contributed by atoms with Crippen molar-refractivity contribution in [2.24, 2.45) is 0 Å². The van der Waals surface area contributed by atoms with E-state index < -0.39 is 17.3 Å². The summed E-state index contributed by atoms with van der Waals surface area (Å²) in [4.78, 5) is 10.8. The number of carboxylic acids is 1. The number of fused-ring (bicyclic) bond motifs is 1. The fourth-order valence-corrected chi connectivity index (χ4v) is 2.22. The lowest BCUT2D eigenvalue weighted by atomic mass is 9.99. The third-order valence-electron chi connectivity index (χ3n) is 3.19. The van der Waals surface area contributed by atoms with Crippen molar-refractivity contribution in [3.8, 4) is 17.2 Å². The molecule has 0 aliphatic heterocycles. The van der Waals surface area contributed by atoms with E-state index in [1.807, 2.05) is 6.07 Å². The van der Waals surface area contributed by atoms with Crippen molar-refractivity contribution in [2.45, 2.75) is 0 Å². The monoisotopic (exact) mass is 281 g/mol. The first kappa shape index (κ1) is 12.9. The van der Waals surface area contributed by atoms with Crippen molar-refractivity contribution in [2.75, 3.05) is 0 Å². The Kier molecular flexibility index (Phi) is 2.92. The summed E-state index contributed by atoms with van der Waals surface area (Å²) >= 11 is 0. The normalized spacial score (nSPS) is 10.5. The molecule has 1 aromatic heterocycles. The van der Waals surface area contributed by atoms with E-state index in [1.54, 1.807) is 18.2 Å². The molecule has 3 rings (SSSR count). The first-order valence-electron chi connectivity index (χ1n) is 6.04. The van der Waals surface area contributed by atoms with Gasteiger partial charge in [-0.3, -0.25) is 0 Å². The molecule has 5 heteroatoms. The molecule has 0 bridgehead atoms. The van der Waals surface area contributed by atoms with Crippen molar-refractivity contribution in [3.05, 3.63) is 59.6 Å². The fourth-order valence-electron chi connectivity index (χ4n) is 2.22. The predicted molar refractivity (Wildman–Crippen MR) is 73.3 cm³/mol. The van der Waals surface area contributed by atoms with Gasteiger partial charge in [0.25, 0.3) is 0 Å². The van der Waals surface area contributed by atoms with Crippen molar-refractivity contribution in [1.29, 1.82) is 5.26 Å². The van der Waals surface area contributed by atoms with Gasteiger partial charge in [0.05, 0.1) is 23.5 Å². The molecule has 0 amide bonds.